The molecule has 0 bridgehead atoms. The lowest BCUT2D eigenvalue weighted by Crippen LogP contribution is -2.44. The summed E-state index contributed by atoms with van der Waals surface area (Å²) < 4.78 is 3.37. The van der Waals surface area contributed by atoms with Gasteiger partial charge in [-0.05, 0) is 89.4 Å². The Balaban J connectivity index is 1.81. The first-order chi connectivity index (χ1) is 16.1. The van der Waals surface area contributed by atoms with Crippen LogP contribution in [0.25, 0.3) is 0 Å². The van der Waals surface area contributed by atoms with Crippen LogP contribution < -0.4 is 15.8 Å². The van der Waals surface area contributed by atoms with E-state index in [1.807, 2.05) is 42.2 Å². The molecule has 5 N–H and O–H groups in total. The van der Waals surface area contributed by atoms with Gasteiger partial charge in [-0.15, -0.1) is 0 Å². The summed E-state index contributed by atoms with van der Waals surface area (Å²) in [6.45, 7) is 4.41. The Morgan fingerprint density at radius 1 is 1.26 bits per heavy atom. The number of amides is 2. The average Bonchev–Trinajstić information content (AvgIpc) is 2.80. The van der Waals surface area contributed by atoms with Crippen molar-refractivity contribution >= 4 is 59.1 Å². The molecule has 3 rings (SSSR count). The molecule has 2 aromatic rings. The number of fused-ring (bicyclic) bond motifs is 1. The van der Waals surface area contributed by atoms with E-state index in [0.717, 1.165) is 20.3 Å². The number of carbonyl (C=O) groups excluding carboxylic acids is 2. The van der Waals surface area contributed by atoms with Crippen molar-refractivity contribution in [2.45, 2.75) is 32.9 Å². The predicted octanol–water partition coefficient (Wildman–Crippen LogP) is 2.04. The smallest absolute Gasteiger partial charge is 0.328 e. The number of nitrogens with two attached hydrogens (primary N) is 1. The van der Waals surface area contributed by atoms with Crippen molar-refractivity contribution in [1.29, 1.82) is 0 Å². The molecule has 0 saturated carbocycles. The van der Waals surface area contributed by atoms with Gasteiger partial charge in [0.2, 0.25) is 0 Å². The van der Waals surface area contributed by atoms with Crippen LogP contribution >= 0.6 is 35.4 Å². The molecular weight excluding hydrogens is 569 g/mol. The molecule has 1 heterocycles. The highest BCUT2D eigenvalue weighted by Crippen LogP contribution is 2.28. The molecule has 0 saturated heterocycles. The predicted molar refractivity (Wildman–Crippen MR) is 141 cm³/mol. The number of guanidine groups is 1. The van der Waals surface area contributed by atoms with E-state index in [9.17, 15) is 19.5 Å². The second-order valence-electron chi connectivity index (χ2n) is 8.02. The number of hydrogen-bond acceptors (Lipinski definition) is 5. The van der Waals surface area contributed by atoms with Crippen LogP contribution in [0.15, 0.2) is 35.3 Å². The number of carbonyl (C=O) groups is 3. The third-order valence-corrected chi connectivity index (χ3v) is 6.71. The second kappa shape index (κ2) is 11.1. The zero-order chi connectivity index (χ0) is 25.0. The number of thiol groups is 1. The highest BCUT2D eigenvalue weighted by molar-refractivity contribution is 14.1. The van der Waals surface area contributed by atoms with Crippen molar-refractivity contribution in [2.75, 3.05) is 13.1 Å². The van der Waals surface area contributed by atoms with Crippen LogP contribution in [0, 0.1) is 17.4 Å². The van der Waals surface area contributed by atoms with E-state index in [4.69, 9.17) is 5.73 Å². The maximum atomic E-state index is 13.0. The van der Waals surface area contributed by atoms with E-state index in [2.05, 4.69) is 50.4 Å². The van der Waals surface area contributed by atoms with Crippen LogP contribution in [0.4, 0.5) is 0 Å². The second-order valence-corrected chi connectivity index (χ2v) is 9.49. The van der Waals surface area contributed by atoms with E-state index < -0.39 is 17.9 Å². The number of aliphatic carboxylic acids is 1. The number of carboxylic acids is 1. The molecule has 2 aromatic carbocycles. The monoisotopic (exact) mass is 595 g/mol. The lowest BCUT2D eigenvalue weighted by molar-refractivity contribution is -0.138. The standard InChI is InChI=1S/C23H26IN5O4S/c1-12-9-15-11-29(21(31)14-3-5-16(24)6-4-14)8-7-17(15)13(2)19(12)20(30)27-18(22(32)33)10-26-23(25)28-34/h3-6,9,18,34H,7-8,10-11H2,1-2H3,(H,27,30)(H,32,33)(H3,25,26,28)/t18-/m0/s1. The number of carboxylic acid groups (broad SMARTS) is 1. The zero-order valence-electron chi connectivity index (χ0n) is 18.8. The number of nitrogens with zero attached hydrogens (tertiary/aromatic N) is 2. The van der Waals surface area contributed by atoms with Crippen molar-refractivity contribution in [2.24, 2.45) is 10.7 Å². The summed E-state index contributed by atoms with van der Waals surface area (Å²) in [5, 5.41) is 12.0. The summed E-state index contributed by atoms with van der Waals surface area (Å²) in [5.74, 6) is -1.79. The Bertz CT molecular complexity index is 1150. The van der Waals surface area contributed by atoms with Crippen molar-refractivity contribution in [3.8, 4) is 0 Å². The molecule has 0 aromatic heterocycles. The van der Waals surface area contributed by atoms with Crippen molar-refractivity contribution < 1.29 is 19.5 Å². The Labute approximate surface area is 216 Å². The maximum absolute atomic E-state index is 13.0. The molecule has 0 fully saturated rings. The third-order valence-electron chi connectivity index (χ3n) is 5.76. The maximum Gasteiger partial charge on any atom is 0.328 e. The first-order valence-electron chi connectivity index (χ1n) is 10.5. The minimum absolute atomic E-state index is 0.0287. The molecule has 0 unspecified atom stereocenters. The molecule has 0 aliphatic carbocycles. The van der Waals surface area contributed by atoms with Crippen molar-refractivity contribution in [1.82, 2.24) is 14.9 Å². The first kappa shape index (κ1) is 25.8. The largest absolute Gasteiger partial charge is 0.480 e. The number of hydrogen-bond donors (Lipinski definition) is 5. The molecule has 1 aliphatic heterocycles. The third kappa shape index (κ3) is 5.81. The Morgan fingerprint density at radius 3 is 2.56 bits per heavy atom. The van der Waals surface area contributed by atoms with E-state index >= 15 is 0 Å². The van der Waals surface area contributed by atoms with Gasteiger partial charge in [0.25, 0.3) is 11.8 Å². The lowest BCUT2D eigenvalue weighted by atomic mass is 9.88. The van der Waals surface area contributed by atoms with Gasteiger partial charge >= 0.3 is 5.97 Å². The quantitative estimate of drug-likeness (QED) is 0.150. The van der Waals surface area contributed by atoms with E-state index in [-0.39, 0.29) is 18.4 Å². The number of aliphatic imine (C=N–C) groups is 1. The Morgan fingerprint density at radius 2 is 1.94 bits per heavy atom. The topological polar surface area (TPSA) is 137 Å². The van der Waals surface area contributed by atoms with Crippen LogP contribution in [0.1, 0.15) is 43.0 Å². The van der Waals surface area contributed by atoms with Crippen LogP contribution in [0.3, 0.4) is 0 Å². The van der Waals surface area contributed by atoms with Crippen LogP contribution in [0.2, 0.25) is 0 Å². The number of halogens is 1. The zero-order valence-corrected chi connectivity index (χ0v) is 21.8. The number of benzene rings is 2. The highest BCUT2D eigenvalue weighted by atomic mass is 127. The Kier molecular flexibility index (Phi) is 8.42. The summed E-state index contributed by atoms with van der Waals surface area (Å²) in [5.41, 5.74) is 10.1. The molecule has 1 aliphatic rings. The van der Waals surface area contributed by atoms with Gasteiger partial charge in [0, 0.05) is 27.8 Å². The Hall–Kier alpha value is -2.80. The summed E-state index contributed by atoms with van der Waals surface area (Å²) in [4.78, 5) is 43.3. The average molecular weight is 595 g/mol. The van der Waals surface area contributed by atoms with Gasteiger partial charge in [0.15, 0.2) is 5.96 Å². The molecular formula is C23H26IN5O4S. The van der Waals surface area contributed by atoms with Gasteiger partial charge in [-0.1, -0.05) is 18.9 Å². The minimum Gasteiger partial charge on any atom is -0.480 e. The van der Waals surface area contributed by atoms with Gasteiger partial charge in [0.1, 0.15) is 6.04 Å². The summed E-state index contributed by atoms with van der Waals surface area (Å²) in [6, 6.07) is 8.12. The molecule has 1 atom stereocenters. The molecule has 34 heavy (non-hydrogen) atoms. The molecule has 11 heteroatoms. The van der Waals surface area contributed by atoms with Gasteiger partial charge in [0.05, 0.1) is 6.54 Å². The van der Waals surface area contributed by atoms with E-state index in [1.54, 1.807) is 6.92 Å². The van der Waals surface area contributed by atoms with Crippen LogP contribution in [0.5, 0.6) is 0 Å². The van der Waals surface area contributed by atoms with Gasteiger partial charge in [-0.25, -0.2) is 9.79 Å². The number of aryl methyl sites for hydroxylation is 1. The molecule has 2 amide bonds. The minimum atomic E-state index is -1.25. The SMILES string of the molecule is Cc1cc2c(c(C)c1C(=O)N[C@@H](CN=C(N)NS)C(=O)O)CCN(C(=O)c1ccc(I)cc1)C2. The fourth-order valence-electron chi connectivity index (χ4n) is 4.07. The van der Waals surface area contributed by atoms with E-state index in [0.29, 0.717) is 36.2 Å². The number of nitrogens with one attached hydrogen (secondary N) is 2. The fourth-order valence-corrected chi connectivity index (χ4v) is 4.50. The van der Waals surface area contributed by atoms with Crippen LogP contribution in [-0.2, 0) is 17.8 Å². The van der Waals surface area contributed by atoms with E-state index in [1.165, 1.54) is 0 Å². The molecule has 0 spiro atoms. The van der Waals surface area contributed by atoms with Crippen molar-refractivity contribution in [3.05, 3.63) is 67.3 Å². The molecule has 0 radical (unpaired) electrons. The fraction of sp³-hybridized carbons (Fsp3) is 0.304. The van der Waals surface area contributed by atoms with Gasteiger partial charge in [-0.2, -0.15) is 0 Å². The summed E-state index contributed by atoms with van der Waals surface area (Å²) >= 11 is 5.95. The number of rotatable bonds is 6. The molecule has 180 valence electrons. The summed E-state index contributed by atoms with van der Waals surface area (Å²) in [6.07, 6.45) is 0.606. The van der Waals surface area contributed by atoms with Crippen LogP contribution in [-0.4, -0.2) is 52.9 Å². The van der Waals surface area contributed by atoms with Gasteiger partial charge in [-0.3, -0.25) is 9.59 Å². The highest BCUT2D eigenvalue weighted by Gasteiger charge is 2.28. The lowest BCUT2D eigenvalue weighted by Gasteiger charge is -2.31. The van der Waals surface area contributed by atoms with Crippen molar-refractivity contribution in [3.63, 3.8) is 0 Å². The first-order valence-corrected chi connectivity index (χ1v) is 12.1. The molecule has 9 nitrogen and oxygen atoms in total. The van der Waals surface area contributed by atoms with Gasteiger partial charge < -0.3 is 25.8 Å². The normalized spacial score (nSPS) is 14.2. The summed E-state index contributed by atoms with van der Waals surface area (Å²) in [7, 11) is 0.